The summed E-state index contributed by atoms with van der Waals surface area (Å²) in [4.78, 5) is 15.7. The van der Waals surface area contributed by atoms with Gasteiger partial charge in [0, 0.05) is 12.3 Å². The molecule has 1 aliphatic heterocycles. The minimum atomic E-state index is -0.505. The SMILES string of the molecule is O=C(Oc1ccc2c(c1)OCO2)c1ccccn1. The molecule has 3 rings (SSSR count). The van der Waals surface area contributed by atoms with E-state index in [1.807, 2.05) is 0 Å². The lowest BCUT2D eigenvalue weighted by molar-refractivity contribution is 0.0728. The second-order valence-electron chi connectivity index (χ2n) is 3.62. The molecule has 5 nitrogen and oxygen atoms in total. The molecule has 0 amide bonds. The van der Waals surface area contributed by atoms with Crippen LogP contribution in [0.5, 0.6) is 17.2 Å². The van der Waals surface area contributed by atoms with Crippen LogP contribution in [0.3, 0.4) is 0 Å². The Morgan fingerprint density at radius 2 is 2.06 bits per heavy atom. The summed E-state index contributed by atoms with van der Waals surface area (Å²) >= 11 is 0. The van der Waals surface area contributed by atoms with Crippen molar-refractivity contribution in [1.29, 1.82) is 0 Å². The minimum Gasteiger partial charge on any atom is -0.454 e. The minimum absolute atomic E-state index is 0.187. The maximum atomic E-state index is 11.8. The molecule has 0 radical (unpaired) electrons. The Hall–Kier alpha value is -2.56. The summed E-state index contributed by atoms with van der Waals surface area (Å²) in [6.07, 6.45) is 1.54. The van der Waals surface area contributed by atoms with Gasteiger partial charge in [0.15, 0.2) is 11.5 Å². The number of carbonyl (C=O) groups is 1. The standard InChI is InChI=1S/C13H9NO4/c15-13(10-3-1-2-6-14-10)18-9-4-5-11-12(7-9)17-8-16-11/h1-7H,8H2. The number of hydrogen-bond donors (Lipinski definition) is 0. The van der Waals surface area contributed by atoms with Crippen molar-refractivity contribution in [2.45, 2.75) is 0 Å². The summed E-state index contributed by atoms with van der Waals surface area (Å²) in [5.74, 6) is 1.11. The number of nitrogens with zero attached hydrogens (tertiary/aromatic N) is 1. The van der Waals surface area contributed by atoms with Gasteiger partial charge in [0.05, 0.1) is 0 Å². The highest BCUT2D eigenvalue weighted by Crippen LogP contribution is 2.35. The molecule has 0 fully saturated rings. The van der Waals surface area contributed by atoms with Crippen LogP contribution in [0.2, 0.25) is 0 Å². The van der Waals surface area contributed by atoms with Gasteiger partial charge in [-0.15, -0.1) is 0 Å². The van der Waals surface area contributed by atoms with Gasteiger partial charge in [-0.05, 0) is 24.3 Å². The molecule has 0 unspecified atom stereocenters. The largest absolute Gasteiger partial charge is 0.454 e. The normalized spacial score (nSPS) is 12.2. The van der Waals surface area contributed by atoms with Crippen molar-refractivity contribution in [3.8, 4) is 17.2 Å². The Kier molecular flexibility index (Phi) is 2.57. The molecule has 0 atom stereocenters. The van der Waals surface area contributed by atoms with Gasteiger partial charge in [0.25, 0.3) is 0 Å². The van der Waals surface area contributed by atoms with E-state index in [0.717, 1.165) is 0 Å². The maximum absolute atomic E-state index is 11.8. The monoisotopic (exact) mass is 243 g/mol. The van der Waals surface area contributed by atoms with Gasteiger partial charge in [0.2, 0.25) is 6.79 Å². The molecule has 0 saturated carbocycles. The third-order valence-electron chi connectivity index (χ3n) is 2.43. The molecule has 2 aromatic rings. The van der Waals surface area contributed by atoms with E-state index in [-0.39, 0.29) is 12.5 Å². The van der Waals surface area contributed by atoms with Gasteiger partial charge in [0.1, 0.15) is 11.4 Å². The van der Waals surface area contributed by atoms with Crippen LogP contribution < -0.4 is 14.2 Å². The predicted molar refractivity (Wildman–Crippen MR) is 61.8 cm³/mol. The van der Waals surface area contributed by atoms with Crippen molar-refractivity contribution in [2.75, 3.05) is 6.79 Å². The highest BCUT2D eigenvalue weighted by atomic mass is 16.7. The Labute approximate surface area is 103 Å². The van der Waals surface area contributed by atoms with Crippen LogP contribution in [-0.4, -0.2) is 17.7 Å². The van der Waals surface area contributed by atoms with Gasteiger partial charge >= 0.3 is 5.97 Å². The third-order valence-corrected chi connectivity index (χ3v) is 2.43. The summed E-state index contributed by atoms with van der Waals surface area (Å²) in [6.45, 7) is 0.187. The van der Waals surface area contributed by atoms with E-state index in [2.05, 4.69) is 4.98 Å². The quantitative estimate of drug-likeness (QED) is 0.596. The number of carbonyl (C=O) groups excluding carboxylic acids is 1. The van der Waals surface area contributed by atoms with Gasteiger partial charge in [-0.25, -0.2) is 9.78 Å². The van der Waals surface area contributed by atoms with Crippen LogP contribution in [0, 0.1) is 0 Å². The van der Waals surface area contributed by atoms with E-state index in [4.69, 9.17) is 14.2 Å². The fourth-order valence-electron chi connectivity index (χ4n) is 1.58. The lowest BCUT2D eigenvalue weighted by atomic mass is 10.3. The number of hydrogen-bond acceptors (Lipinski definition) is 5. The van der Waals surface area contributed by atoms with Crippen LogP contribution >= 0.6 is 0 Å². The lowest BCUT2D eigenvalue weighted by Crippen LogP contribution is -2.09. The first-order valence-electron chi connectivity index (χ1n) is 5.36. The van der Waals surface area contributed by atoms with Crippen LogP contribution in [0.15, 0.2) is 42.6 Å². The van der Waals surface area contributed by atoms with Gasteiger partial charge in [-0.3, -0.25) is 0 Å². The molecule has 90 valence electrons. The molecule has 0 bridgehead atoms. The van der Waals surface area contributed by atoms with Crippen molar-refractivity contribution >= 4 is 5.97 Å². The van der Waals surface area contributed by atoms with E-state index in [0.29, 0.717) is 17.2 Å². The Morgan fingerprint density at radius 3 is 2.89 bits per heavy atom. The average molecular weight is 243 g/mol. The summed E-state index contributed by atoms with van der Waals surface area (Å²) in [6, 6.07) is 10.0. The van der Waals surface area contributed by atoms with Crippen molar-refractivity contribution in [3.05, 3.63) is 48.3 Å². The molecule has 2 heterocycles. The van der Waals surface area contributed by atoms with Crippen LogP contribution in [0.1, 0.15) is 10.5 Å². The van der Waals surface area contributed by atoms with E-state index in [1.54, 1.807) is 36.4 Å². The Bertz CT molecular complexity index is 583. The van der Waals surface area contributed by atoms with Crippen LogP contribution in [0.4, 0.5) is 0 Å². The van der Waals surface area contributed by atoms with E-state index in [1.165, 1.54) is 6.20 Å². The van der Waals surface area contributed by atoms with Crippen molar-refractivity contribution < 1.29 is 19.0 Å². The van der Waals surface area contributed by atoms with E-state index < -0.39 is 5.97 Å². The first kappa shape index (κ1) is 10.6. The number of pyridine rings is 1. The predicted octanol–water partition coefficient (Wildman–Crippen LogP) is 2.03. The third kappa shape index (κ3) is 1.98. The second-order valence-corrected chi connectivity index (χ2v) is 3.62. The van der Waals surface area contributed by atoms with Gasteiger partial charge < -0.3 is 14.2 Å². The zero-order chi connectivity index (χ0) is 12.4. The van der Waals surface area contributed by atoms with Crippen LogP contribution in [0.25, 0.3) is 0 Å². The number of rotatable bonds is 2. The second kappa shape index (κ2) is 4.37. The molecule has 0 spiro atoms. The number of aromatic nitrogens is 1. The number of fused-ring (bicyclic) bond motifs is 1. The van der Waals surface area contributed by atoms with Crippen molar-refractivity contribution in [2.24, 2.45) is 0 Å². The topological polar surface area (TPSA) is 57.7 Å². The Balaban J connectivity index is 1.79. The molecular weight excluding hydrogens is 234 g/mol. The summed E-state index contributed by atoms with van der Waals surface area (Å²) in [5, 5.41) is 0. The molecule has 0 N–H and O–H groups in total. The highest BCUT2D eigenvalue weighted by molar-refractivity contribution is 5.88. The van der Waals surface area contributed by atoms with Crippen LogP contribution in [-0.2, 0) is 0 Å². The molecule has 0 saturated heterocycles. The molecule has 1 aliphatic rings. The smallest absolute Gasteiger partial charge is 0.362 e. The van der Waals surface area contributed by atoms with E-state index >= 15 is 0 Å². The zero-order valence-corrected chi connectivity index (χ0v) is 9.33. The number of ether oxygens (including phenoxy) is 3. The zero-order valence-electron chi connectivity index (χ0n) is 9.33. The molecule has 1 aromatic heterocycles. The maximum Gasteiger partial charge on any atom is 0.362 e. The number of esters is 1. The lowest BCUT2D eigenvalue weighted by Gasteiger charge is -2.04. The first-order valence-corrected chi connectivity index (χ1v) is 5.36. The van der Waals surface area contributed by atoms with E-state index in [9.17, 15) is 4.79 Å². The average Bonchev–Trinajstić information content (AvgIpc) is 2.87. The fraction of sp³-hybridized carbons (Fsp3) is 0.0769. The molecule has 1 aromatic carbocycles. The van der Waals surface area contributed by atoms with Gasteiger partial charge in [-0.1, -0.05) is 6.07 Å². The Morgan fingerprint density at radius 1 is 1.17 bits per heavy atom. The first-order chi connectivity index (χ1) is 8.83. The highest BCUT2D eigenvalue weighted by Gasteiger charge is 2.16. The van der Waals surface area contributed by atoms with Crippen molar-refractivity contribution in [3.63, 3.8) is 0 Å². The number of benzene rings is 1. The molecule has 0 aliphatic carbocycles. The van der Waals surface area contributed by atoms with Crippen molar-refractivity contribution in [1.82, 2.24) is 4.98 Å². The molecule has 5 heteroatoms. The van der Waals surface area contributed by atoms with Gasteiger partial charge in [-0.2, -0.15) is 0 Å². The fourth-order valence-corrected chi connectivity index (χ4v) is 1.58. The summed E-state index contributed by atoms with van der Waals surface area (Å²) < 4.78 is 15.6. The summed E-state index contributed by atoms with van der Waals surface area (Å²) in [5.41, 5.74) is 0.259. The molecule has 18 heavy (non-hydrogen) atoms. The molecular formula is C13H9NO4. The summed E-state index contributed by atoms with van der Waals surface area (Å²) in [7, 11) is 0.